The fraction of sp³-hybridized carbons (Fsp3) is 0.263. The summed E-state index contributed by atoms with van der Waals surface area (Å²) in [6.45, 7) is 0. The Labute approximate surface area is 155 Å². The standard InChI is InChI=1S/C19H19NO3S2/c1-23-19(22)14(11-13-7-3-2-4-8-13)20-18(21)17-12-24-15-9-5-6-10-16(15)25-17/h2-10,14,17H,11-12H2,1H3,(H,20,21)/t14-,17?/m0/s1. The number of benzene rings is 2. The van der Waals surface area contributed by atoms with Crippen LogP contribution in [0.15, 0.2) is 64.4 Å². The smallest absolute Gasteiger partial charge is 0.328 e. The highest BCUT2D eigenvalue weighted by molar-refractivity contribution is 8.06. The molecule has 4 nitrogen and oxygen atoms in total. The first-order chi connectivity index (χ1) is 12.2. The zero-order chi connectivity index (χ0) is 17.6. The van der Waals surface area contributed by atoms with Crippen LogP contribution in [0.5, 0.6) is 0 Å². The van der Waals surface area contributed by atoms with E-state index in [4.69, 9.17) is 4.74 Å². The summed E-state index contributed by atoms with van der Waals surface area (Å²) in [7, 11) is 1.34. The molecule has 2 aromatic rings. The lowest BCUT2D eigenvalue weighted by Gasteiger charge is -2.25. The molecule has 0 saturated carbocycles. The number of amides is 1. The lowest BCUT2D eigenvalue weighted by Crippen LogP contribution is -2.47. The fourth-order valence-electron chi connectivity index (χ4n) is 2.60. The molecule has 1 aliphatic rings. The van der Waals surface area contributed by atoms with E-state index >= 15 is 0 Å². The van der Waals surface area contributed by atoms with Crippen LogP contribution in [0, 0.1) is 0 Å². The number of rotatable bonds is 5. The second-order valence-electron chi connectivity index (χ2n) is 5.64. The topological polar surface area (TPSA) is 55.4 Å². The molecular weight excluding hydrogens is 354 g/mol. The van der Waals surface area contributed by atoms with E-state index in [2.05, 4.69) is 11.4 Å². The number of ether oxygens (including phenoxy) is 1. The molecule has 1 unspecified atom stereocenters. The van der Waals surface area contributed by atoms with Crippen LogP contribution in [-0.4, -0.2) is 36.0 Å². The van der Waals surface area contributed by atoms with Crippen molar-refractivity contribution in [2.75, 3.05) is 12.9 Å². The molecule has 0 saturated heterocycles. The van der Waals surface area contributed by atoms with Gasteiger partial charge in [0.1, 0.15) is 6.04 Å². The van der Waals surface area contributed by atoms with E-state index in [1.807, 2.05) is 48.5 Å². The maximum absolute atomic E-state index is 12.7. The van der Waals surface area contributed by atoms with Gasteiger partial charge in [0.05, 0.1) is 12.4 Å². The first kappa shape index (κ1) is 17.9. The van der Waals surface area contributed by atoms with Crippen molar-refractivity contribution < 1.29 is 14.3 Å². The molecule has 25 heavy (non-hydrogen) atoms. The molecule has 0 spiro atoms. The Hall–Kier alpha value is -1.92. The van der Waals surface area contributed by atoms with E-state index in [-0.39, 0.29) is 11.2 Å². The zero-order valence-electron chi connectivity index (χ0n) is 13.8. The van der Waals surface area contributed by atoms with E-state index in [9.17, 15) is 9.59 Å². The van der Waals surface area contributed by atoms with Gasteiger partial charge in [-0.3, -0.25) is 4.79 Å². The average Bonchev–Trinajstić information content (AvgIpc) is 2.67. The van der Waals surface area contributed by atoms with Gasteiger partial charge < -0.3 is 10.1 Å². The Morgan fingerprint density at radius 2 is 1.80 bits per heavy atom. The van der Waals surface area contributed by atoms with Crippen LogP contribution in [0.25, 0.3) is 0 Å². The zero-order valence-corrected chi connectivity index (χ0v) is 15.4. The summed E-state index contributed by atoms with van der Waals surface area (Å²) >= 11 is 3.22. The number of methoxy groups -OCH3 is 1. The Morgan fingerprint density at radius 3 is 2.52 bits per heavy atom. The molecule has 1 N–H and O–H groups in total. The summed E-state index contributed by atoms with van der Waals surface area (Å²) in [5.41, 5.74) is 0.981. The summed E-state index contributed by atoms with van der Waals surface area (Å²) < 4.78 is 4.86. The molecular formula is C19H19NO3S2. The van der Waals surface area contributed by atoms with Crippen molar-refractivity contribution in [3.63, 3.8) is 0 Å². The third-order valence-corrected chi connectivity index (χ3v) is 6.67. The van der Waals surface area contributed by atoms with Crippen LogP contribution in [0.2, 0.25) is 0 Å². The molecule has 1 amide bonds. The summed E-state index contributed by atoms with van der Waals surface area (Å²) in [5.74, 6) is 0.136. The molecule has 3 rings (SSSR count). The van der Waals surface area contributed by atoms with Gasteiger partial charge in [0.15, 0.2) is 0 Å². The van der Waals surface area contributed by atoms with Gasteiger partial charge >= 0.3 is 5.97 Å². The van der Waals surface area contributed by atoms with Crippen LogP contribution in [0.3, 0.4) is 0 Å². The highest BCUT2D eigenvalue weighted by Gasteiger charge is 2.30. The number of carbonyl (C=O) groups excluding carboxylic acids is 2. The molecule has 0 bridgehead atoms. The van der Waals surface area contributed by atoms with Crippen LogP contribution in [0.1, 0.15) is 5.56 Å². The van der Waals surface area contributed by atoms with Gasteiger partial charge in [0.2, 0.25) is 5.91 Å². The van der Waals surface area contributed by atoms with Crippen molar-refractivity contribution in [1.82, 2.24) is 5.32 Å². The highest BCUT2D eigenvalue weighted by Crippen LogP contribution is 2.40. The van der Waals surface area contributed by atoms with Crippen molar-refractivity contribution in [3.05, 3.63) is 60.2 Å². The molecule has 0 radical (unpaired) electrons. The number of esters is 1. The number of hydrogen-bond acceptors (Lipinski definition) is 5. The molecule has 130 valence electrons. The molecule has 1 aliphatic heterocycles. The maximum atomic E-state index is 12.7. The van der Waals surface area contributed by atoms with E-state index in [1.165, 1.54) is 12.0 Å². The van der Waals surface area contributed by atoms with Gasteiger partial charge in [0, 0.05) is 22.0 Å². The minimum Gasteiger partial charge on any atom is -0.467 e. The number of hydrogen-bond donors (Lipinski definition) is 1. The first-order valence-corrected chi connectivity index (χ1v) is 9.84. The van der Waals surface area contributed by atoms with Crippen molar-refractivity contribution in [3.8, 4) is 0 Å². The SMILES string of the molecule is COC(=O)[C@H](Cc1ccccc1)NC(=O)C1CSc2ccccc2S1. The third kappa shape index (κ3) is 4.58. The van der Waals surface area contributed by atoms with Crippen LogP contribution in [0.4, 0.5) is 0 Å². The number of thioether (sulfide) groups is 2. The molecule has 0 fully saturated rings. The number of fused-ring (bicyclic) bond motifs is 1. The van der Waals surface area contributed by atoms with Crippen LogP contribution in [-0.2, 0) is 20.7 Å². The Bertz CT molecular complexity index is 751. The van der Waals surface area contributed by atoms with Gasteiger partial charge in [-0.25, -0.2) is 4.79 Å². The normalized spacial score (nSPS) is 17.2. The van der Waals surface area contributed by atoms with E-state index in [1.54, 1.807) is 23.5 Å². The van der Waals surface area contributed by atoms with Crippen molar-refractivity contribution in [1.29, 1.82) is 0 Å². The lowest BCUT2D eigenvalue weighted by molar-refractivity contribution is -0.144. The number of carbonyl (C=O) groups is 2. The summed E-state index contributed by atoms with van der Waals surface area (Å²) in [6.07, 6.45) is 0.417. The summed E-state index contributed by atoms with van der Waals surface area (Å²) in [4.78, 5) is 27.1. The van der Waals surface area contributed by atoms with Crippen molar-refractivity contribution >= 4 is 35.4 Å². The molecule has 1 heterocycles. The summed E-state index contributed by atoms with van der Waals surface area (Å²) in [6, 6.07) is 17.0. The second-order valence-corrected chi connectivity index (χ2v) is 7.94. The van der Waals surface area contributed by atoms with E-state index in [0.29, 0.717) is 12.2 Å². The molecule has 2 atom stereocenters. The van der Waals surface area contributed by atoms with Gasteiger partial charge in [-0.05, 0) is 17.7 Å². The van der Waals surface area contributed by atoms with Crippen LogP contribution < -0.4 is 5.32 Å². The Kier molecular flexibility index (Phi) is 6.04. The van der Waals surface area contributed by atoms with Gasteiger partial charge in [-0.1, -0.05) is 42.5 Å². The first-order valence-electron chi connectivity index (χ1n) is 7.98. The average molecular weight is 373 g/mol. The maximum Gasteiger partial charge on any atom is 0.328 e. The summed E-state index contributed by atoms with van der Waals surface area (Å²) in [5, 5.41) is 2.65. The second kappa shape index (κ2) is 8.45. The monoisotopic (exact) mass is 373 g/mol. The minimum atomic E-state index is -0.678. The molecule has 2 aromatic carbocycles. The lowest BCUT2D eigenvalue weighted by atomic mass is 10.1. The Morgan fingerprint density at radius 1 is 1.12 bits per heavy atom. The minimum absolute atomic E-state index is 0.127. The van der Waals surface area contributed by atoms with Gasteiger partial charge in [-0.15, -0.1) is 23.5 Å². The predicted molar refractivity (Wildman–Crippen MR) is 101 cm³/mol. The Balaban J connectivity index is 1.67. The van der Waals surface area contributed by atoms with Gasteiger partial charge in [-0.2, -0.15) is 0 Å². The molecule has 0 aromatic heterocycles. The van der Waals surface area contributed by atoms with Crippen LogP contribution >= 0.6 is 23.5 Å². The highest BCUT2D eigenvalue weighted by atomic mass is 32.2. The molecule has 6 heteroatoms. The van der Waals surface area contributed by atoms with E-state index < -0.39 is 12.0 Å². The fourth-order valence-corrected chi connectivity index (χ4v) is 5.09. The van der Waals surface area contributed by atoms with E-state index in [0.717, 1.165) is 10.5 Å². The largest absolute Gasteiger partial charge is 0.467 e. The third-order valence-electron chi connectivity index (χ3n) is 3.89. The van der Waals surface area contributed by atoms with Gasteiger partial charge in [0.25, 0.3) is 0 Å². The predicted octanol–water partition coefficient (Wildman–Crippen LogP) is 3.15. The quantitative estimate of drug-likeness (QED) is 0.816. The molecule has 0 aliphatic carbocycles. The van der Waals surface area contributed by atoms with Crippen molar-refractivity contribution in [2.45, 2.75) is 27.5 Å². The van der Waals surface area contributed by atoms with Crippen molar-refractivity contribution in [2.24, 2.45) is 0 Å². The number of nitrogens with one attached hydrogen (secondary N) is 1.